The largest absolute Gasteiger partial charge is 0.756 e. The molecule has 0 aliphatic carbocycles. The van der Waals surface area contributed by atoms with E-state index < -0.39 is 32.5 Å². The van der Waals surface area contributed by atoms with Gasteiger partial charge >= 0.3 is 11.9 Å². The third kappa shape index (κ3) is 37.7. The molecule has 1 aliphatic rings. The summed E-state index contributed by atoms with van der Waals surface area (Å²) in [5, 5.41) is 0. The molecule has 60 heavy (non-hydrogen) atoms. The Bertz CT molecular complexity index is 1230. The minimum atomic E-state index is -4.64. The first kappa shape index (κ1) is 55.9. The van der Waals surface area contributed by atoms with Gasteiger partial charge in [-0.2, -0.15) is 0 Å². The maximum atomic E-state index is 12.7. The predicted molar refractivity (Wildman–Crippen MR) is 244 cm³/mol. The van der Waals surface area contributed by atoms with Crippen LogP contribution in [0.1, 0.15) is 187 Å². The van der Waals surface area contributed by atoms with E-state index in [1.807, 2.05) is 21.1 Å². The zero-order valence-electron chi connectivity index (χ0n) is 38.8. The third-order valence-corrected chi connectivity index (χ3v) is 11.5. The van der Waals surface area contributed by atoms with E-state index in [0.29, 0.717) is 36.1 Å². The lowest BCUT2D eigenvalue weighted by Crippen LogP contribution is -2.37. The average molecular weight is 866 g/mol. The molecule has 1 heterocycles. The summed E-state index contributed by atoms with van der Waals surface area (Å²) < 4.78 is 39.8. The fourth-order valence-electron chi connectivity index (χ4n) is 6.61. The number of hydrogen-bond acceptors (Lipinski definition) is 9. The minimum absolute atomic E-state index is 0.0405. The van der Waals surface area contributed by atoms with Gasteiger partial charge in [0.25, 0.3) is 7.82 Å². The zero-order chi connectivity index (χ0) is 44.0. The molecule has 0 radical (unpaired) electrons. The molecule has 11 heteroatoms. The van der Waals surface area contributed by atoms with Gasteiger partial charge in [0.2, 0.25) is 0 Å². The number of phosphoric acid groups is 1. The van der Waals surface area contributed by atoms with E-state index in [4.69, 9.17) is 23.3 Å². The Labute approximate surface area is 367 Å². The molecule has 1 rings (SSSR count). The summed E-state index contributed by atoms with van der Waals surface area (Å²) in [6, 6.07) is 0. The summed E-state index contributed by atoms with van der Waals surface area (Å²) in [5.74, 6) is -0.873. The maximum absolute atomic E-state index is 12.7. The quantitative estimate of drug-likeness (QED) is 0.0147. The Hall–Kier alpha value is -2.07. The highest BCUT2D eigenvalue weighted by molar-refractivity contribution is 7.45. The molecule has 0 spiro atoms. The first-order valence-corrected chi connectivity index (χ1v) is 25.4. The van der Waals surface area contributed by atoms with Gasteiger partial charge in [-0.3, -0.25) is 14.2 Å². The normalized spacial score (nSPS) is 17.3. The van der Waals surface area contributed by atoms with Crippen LogP contribution in [0.2, 0.25) is 0 Å². The molecule has 0 bridgehead atoms. The van der Waals surface area contributed by atoms with Gasteiger partial charge in [0, 0.05) is 12.8 Å². The second-order valence-corrected chi connectivity index (χ2v) is 18.9. The Morgan fingerprint density at radius 2 is 1.12 bits per heavy atom. The first-order chi connectivity index (χ1) is 29.0. The molecule has 0 aromatic carbocycles. The molecule has 0 N–H and O–H groups in total. The monoisotopic (exact) mass is 866 g/mol. The molecule has 0 saturated carbocycles. The van der Waals surface area contributed by atoms with E-state index in [-0.39, 0.29) is 26.1 Å². The number of unbranched alkanes of at least 4 members (excludes halogenated alkanes) is 17. The van der Waals surface area contributed by atoms with Crippen molar-refractivity contribution in [3.63, 3.8) is 0 Å². The van der Waals surface area contributed by atoms with Gasteiger partial charge in [0.05, 0.1) is 40.0 Å². The smallest absolute Gasteiger partial charge is 0.306 e. The number of esters is 2. The summed E-state index contributed by atoms with van der Waals surface area (Å²) in [5.41, 5.74) is 0. The van der Waals surface area contributed by atoms with Crippen LogP contribution in [0.5, 0.6) is 0 Å². The Morgan fingerprint density at radius 3 is 1.73 bits per heavy atom. The van der Waals surface area contributed by atoms with Crippen molar-refractivity contribution < 1.29 is 46.8 Å². The highest BCUT2D eigenvalue weighted by Crippen LogP contribution is 2.38. The predicted octanol–water partition coefficient (Wildman–Crippen LogP) is 12.2. The van der Waals surface area contributed by atoms with Crippen molar-refractivity contribution in [1.29, 1.82) is 0 Å². The van der Waals surface area contributed by atoms with Crippen molar-refractivity contribution in [3.05, 3.63) is 48.6 Å². The number of epoxide rings is 1. The molecule has 0 aromatic heterocycles. The average Bonchev–Trinajstić information content (AvgIpc) is 3.96. The molecule has 0 aromatic rings. The number of hydrogen-bond donors (Lipinski definition) is 0. The van der Waals surface area contributed by atoms with E-state index in [9.17, 15) is 19.0 Å². The molecular weight excluding hydrogens is 778 g/mol. The Balaban J connectivity index is 2.26. The number of carbonyl (C=O) groups is 2. The topological polar surface area (TPSA) is 124 Å². The summed E-state index contributed by atoms with van der Waals surface area (Å²) in [6.07, 6.45) is 45.8. The van der Waals surface area contributed by atoms with Crippen molar-refractivity contribution in [2.24, 2.45) is 0 Å². The number of nitrogens with zero attached hydrogens (tertiary/aromatic N) is 1. The number of phosphoric ester groups is 1. The van der Waals surface area contributed by atoms with Gasteiger partial charge in [-0.15, -0.1) is 0 Å². The van der Waals surface area contributed by atoms with Gasteiger partial charge in [0.1, 0.15) is 19.8 Å². The van der Waals surface area contributed by atoms with Crippen molar-refractivity contribution >= 4 is 19.8 Å². The highest BCUT2D eigenvalue weighted by Gasteiger charge is 2.36. The second-order valence-electron chi connectivity index (χ2n) is 17.5. The van der Waals surface area contributed by atoms with Crippen LogP contribution in [-0.4, -0.2) is 82.2 Å². The Morgan fingerprint density at radius 1 is 0.617 bits per heavy atom. The van der Waals surface area contributed by atoms with Crippen LogP contribution < -0.4 is 4.89 Å². The molecule has 4 atom stereocenters. The summed E-state index contributed by atoms with van der Waals surface area (Å²) in [4.78, 5) is 37.7. The molecular formula is C49H88NO9P. The lowest BCUT2D eigenvalue weighted by atomic mass is 10.1. The zero-order valence-corrected chi connectivity index (χ0v) is 39.7. The van der Waals surface area contributed by atoms with E-state index in [2.05, 4.69) is 62.5 Å². The molecule has 1 aliphatic heterocycles. The van der Waals surface area contributed by atoms with Crippen LogP contribution in [0.4, 0.5) is 0 Å². The van der Waals surface area contributed by atoms with Gasteiger partial charge < -0.3 is 32.6 Å². The molecule has 1 fully saturated rings. The molecule has 348 valence electrons. The SMILES string of the molecule is CCCCC/C=C\CC1OC1CCCCCCCC(=O)O[C@H](COC(=O)CCCCCCCC/C=C\C/C=C\C/C=C\CCCCCC)COP(=O)([O-])OCC[N+](C)(C)C. The summed E-state index contributed by atoms with van der Waals surface area (Å²) >= 11 is 0. The second kappa shape index (κ2) is 37.5. The van der Waals surface area contributed by atoms with Crippen LogP contribution in [-0.2, 0) is 37.4 Å². The highest BCUT2D eigenvalue weighted by atomic mass is 31.2. The number of ether oxygens (including phenoxy) is 3. The Kier molecular flexibility index (Phi) is 34.9. The van der Waals surface area contributed by atoms with E-state index in [1.54, 1.807) is 0 Å². The molecule has 3 unspecified atom stereocenters. The molecule has 10 nitrogen and oxygen atoms in total. The number of allylic oxidation sites excluding steroid dienone is 7. The first-order valence-electron chi connectivity index (χ1n) is 24.0. The lowest BCUT2D eigenvalue weighted by molar-refractivity contribution is -0.870. The van der Waals surface area contributed by atoms with Crippen molar-refractivity contribution in [2.45, 2.75) is 206 Å². The van der Waals surface area contributed by atoms with Crippen LogP contribution in [0, 0.1) is 0 Å². The van der Waals surface area contributed by atoms with E-state index in [0.717, 1.165) is 96.3 Å². The minimum Gasteiger partial charge on any atom is -0.756 e. The van der Waals surface area contributed by atoms with Gasteiger partial charge in [-0.05, 0) is 77.0 Å². The van der Waals surface area contributed by atoms with E-state index >= 15 is 0 Å². The number of quaternary nitrogens is 1. The maximum Gasteiger partial charge on any atom is 0.306 e. The summed E-state index contributed by atoms with van der Waals surface area (Å²) in [7, 11) is 1.13. The molecule has 0 amide bonds. The standard InChI is InChI=1S/C49H88NO9P/c1-6-8-10-12-14-15-16-17-18-19-20-21-22-23-24-25-26-27-31-35-39-48(51)55-43-45(44-57-60(53,54)56-42-41-50(3,4)5)58-49(52)40-36-32-28-30-34-38-47-46(59-47)37-33-29-13-11-9-7-2/h15-16,18-19,21-22,29,33,45-47H,6-14,17,20,23-28,30-32,34-44H2,1-5H3/b16-15-,19-18-,22-21-,33-29-/t45-,46?,47?/m1/s1. The van der Waals surface area contributed by atoms with E-state index in [1.165, 1.54) is 51.4 Å². The third-order valence-electron chi connectivity index (χ3n) is 10.5. The lowest BCUT2D eigenvalue weighted by Gasteiger charge is -2.28. The van der Waals surface area contributed by atoms with Crippen molar-refractivity contribution in [2.75, 3.05) is 47.5 Å². The number of carbonyl (C=O) groups excluding carboxylic acids is 2. The fraction of sp³-hybridized carbons (Fsp3) is 0.796. The van der Waals surface area contributed by atoms with Crippen LogP contribution in [0.15, 0.2) is 48.6 Å². The van der Waals surface area contributed by atoms with Gasteiger partial charge in [-0.25, -0.2) is 0 Å². The fourth-order valence-corrected chi connectivity index (χ4v) is 7.34. The van der Waals surface area contributed by atoms with Crippen LogP contribution >= 0.6 is 7.82 Å². The van der Waals surface area contributed by atoms with Crippen LogP contribution in [0.25, 0.3) is 0 Å². The molecule has 1 saturated heterocycles. The number of rotatable bonds is 42. The van der Waals surface area contributed by atoms with Crippen LogP contribution in [0.3, 0.4) is 0 Å². The number of likely N-dealkylation sites (N-methyl/N-ethyl adjacent to an activating group) is 1. The van der Waals surface area contributed by atoms with Gasteiger partial charge in [0.15, 0.2) is 6.10 Å². The van der Waals surface area contributed by atoms with Gasteiger partial charge in [-0.1, -0.05) is 146 Å². The van der Waals surface area contributed by atoms with Crippen molar-refractivity contribution in [1.82, 2.24) is 0 Å². The summed E-state index contributed by atoms with van der Waals surface area (Å²) in [6.45, 7) is 4.13. The van der Waals surface area contributed by atoms with Crippen molar-refractivity contribution in [3.8, 4) is 0 Å².